The van der Waals surface area contributed by atoms with Crippen LogP contribution in [-0.4, -0.2) is 57.7 Å². The van der Waals surface area contributed by atoms with E-state index in [1.165, 1.54) is 17.7 Å². The van der Waals surface area contributed by atoms with Crippen LogP contribution in [0, 0.1) is 0 Å². The molecule has 1 aromatic rings. The van der Waals surface area contributed by atoms with Crippen LogP contribution in [0.2, 0.25) is 0 Å². The fourth-order valence-electron chi connectivity index (χ4n) is 2.22. The van der Waals surface area contributed by atoms with Crippen LogP contribution >= 0.6 is 0 Å². The largest absolute Gasteiger partial charge is 0.493 e. The molecule has 0 aliphatic heterocycles. The van der Waals surface area contributed by atoms with Crippen LogP contribution in [0.5, 0.6) is 11.5 Å². The molecular formula is C15H22N2O5S. The van der Waals surface area contributed by atoms with Crippen molar-refractivity contribution in [2.75, 3.05) is 33.1 Å². The van der Waals surface area contributed by atoms with Crippen LogP contribution < -0.4 is 14.8 Å². The average molecular weight is 342 g/mol. The minimum atomic E-state index is -3.23. The number of carbonyl (C=O) groups is 1. The van der Waals surface area contributed by atoms with Crippen molar-refractivity contribution in [3.8, 4) is 11.5 Å². The summed E-state index contributed by atoms with van der Waals surface area (Å²) in [4.78, 5) is 11.8. The molecule has 1 N–H and O–H groups in total. The highest BCUT2D eigenvalue weighted by molar-refractivity contribution is 7.88. The highest BCUT2D eigenvalue weighted by Crippen LogP contribution is 2.28. The molecule has 23 heavy (non-hydrogen) atoms. The van der Waals surface area contributed by atoms with E-state index in [1.807, 2.05) is 6.07 Å². The summed E-state index contributed by atoms with van der Waals surface area (Å²) < 4.78 is 35.3. The molecule has 1 aromatic carbocycles. The highest BCUT2D eigenvalue weighted by atomic mass is 32.2. The van der Waals surface area contributed by atoms with Crippen molar-refractivity contribution in [1.82, 2.24) is 9.62 Å². The van der Waals surface area contributed by atoms with Gasteiger partial charge < -0.3 is 14.8 Å². The van der Waals surface area contributed by atoms with Gasteiger partial charge in [-0.3, -0.25) is 4.79 Å². The molecule has 2 rings (SSSR count). The van der Waals surface area contributed by atoms with E-state index in [9.17, 15) is 13.2 Å². The van der Waals surface area contributed by atoms with E-state index in [0.717, 1.165) is 12.8 Å². The average Bonchev–Trinajstić information content (AvgIpc) is 3.33. The van der Waals surface area contributed by atoms with Crippen molar-refractivity contribution >= 4 is 15.9 Å². The molecule has 0 heterocycles. The first-order valence-corrected chi connectivity index (χ1v) is 9.26. The Labute approximate surface area is 136 Å². The van der Waals surface area contributed by atoms with Gasteiger partial charge in [-0.2, -0.15) is 4.31 Å². The van der Waals surface area contributed by atoms with Crippen LogP contribution in [0.25, 0.3) is 0 Å². The van der Waals surface area contributed by atoms with Crippen molar-refractivity contribution in [2.24, 2.45) is 0 Å². The second kappa shape index (κ2) is 7.65. The minimum Gasteiger partial charge on any atom is -0.493 e. The van der Waals surface area contributed by atoms with Gasteiger partial charge in [0.2, 0.25) is 10.0 Å². The summed E-state index contributed by atoms with van der Waals surface area (Å²) in [6.45, 7) is 0.393. The molecular weight excluding hydrogens is 320 g/mol. The van der Waals surface area contributed by atoms with Gasteiger partial charge in [0.1, 0.15) is 0 Å². The van der Waals surface area contributed by atoms with E-state index in [4.69, 9.17) is 9.47 Å². The molecule has 1 aliphatic rings. The van der Waals surface area contributed by atoms with Crippen molar-refractivity contribution in [3.63, 3.8) is 0 Å². The van der Waals surface area contributed by atoms with E-state index in [1.54, 1.807) is 18.2 Å². The number of nitrogens with one attached hydrogen (secondary N) is 1. The van der Waals surface area contributed by atoms with Gasteiger partial charge in [0.05, 0.1) is 13.4 Å². The zero-order valence-electron chi connectivity index (χ0n) is 13.3. The predicted octanol–water partition coefficient (Wildman–Crippen LogP) is 0.614. The smallest absolute Gasteiger partial charge is 0.257 e. The van der Waals surface area contributed by atoms with Gasteiger partial charge in [0.25, 0.3) is 5.91 Å². The molecule has 1 saturated carbocycles. The molecule has 0 spiro atoms. The normalized spacial score (nSPS) is 14.6. The Kier molecular flexibility index (Phi) is 5.84. The summed E-state index contributed by atoms with van der Waals surface area (Å²) >= 11 is 0. The quantitative estimate of drug-likeness (QED) is 0.711. The maximum absolute atomic E-state index is 11.8. The number of methoxy groups -OCH3 is 1. The number of benzene rings is 1. The van der Waals surface area contributed by atoms with E-state index in [2.05, 4.69) is 5.32 Å². The Morgan fingerprint density at radius 2 is 1.96 bits per heavy atom. The summed E-state index contributed by atoms with van der Waals surface area (Å²) in [6, 6.07) is 7.14. The van der Waals surface area contributed by atoms with Gasteiger partial charge in [-0.05, 0) is 25.0 Å². The summed E-state index contributed by atoms with van der Waals surface area (Å²) in [5.41, 5.74) is 0. The SMILES string of the molecule is COc1ccccc1OCC(=O)NCCN(C1CC1)S(C)(=O)=O. The summed E-state index contributed by atoms with van der Waals surface area (Å²) in [7, 11) is -1.70. The molecule has 0 unspecified atom stereocenters. The number of amides is 1. The Morgan fingerprint density at radius 1 is 1.30 bits per heavy atom. The lowest BCUT2D eigenvalue weighted by Crippen LogP contribution is -2.40. The molecule has 0 saturated heterocycles. The Morgan fingerprint density at radius 3 is 2.52 bits per heavy atom. The van der Waals surface area contributed by atoms with Crippen LogP contribution in [-0.2, 0) is 14.8 Å². The number of carbonyl (C=O) groups excluding carboxylic acids is 1. The van der Waals surface area contributed by atoms with Crippen molar-refractivity contribution < 1.29 is 22.7 Å². The number of para-hydroxylation sites is 2. The number of rotatable bonds is 9. The van der Waals surface area contributed by atoms with Crippen LogP contribution in [0.3, 0.4) is 0 Å². The highest BCUT2D eigenvalue weighted by Gasteiger charge is 2.34. The molecule has 1 amide bonds. The van der Waals surface area contributed by atoms with Gasteiger partial charge >= 0.3 is 0 Å². The summed E-state index contributed by atoms with van der Waals surface area (Å²) in [5, 5.41) is 2.66. The maximum atomic E-state index is 11.8. The Hall–Kier alpha value is -1.80. The van der Waals surface area contributed by atoms with E-state index < -0.39 is 10.0 Å². The van der Waals surface area contributed by atoms with E-state index in [-0.39, 0.29) is 31.6 Å². The standard InChI is InChI=1S/C15H22N2O5S/c1-21-13-5-3-4-6-14(13)22-11-15(18)16-9-10-17(12-7-8-12)23(2,19)20/h3-6,12H,7-11H2,1-2H3,(H,16,18). The topological polar surface area (TPSA) is 84.9 Å². The van der Waals surface area contributed by atoms with Crippen molar-refractivity contribution in [2.45, 2.75) is 18.9 Å². The summed E-state index contributed by atoms with van der Waals surface area (Å²) in [6.07, 6.45) is 2.97. The lowest BCUT2D eigenvalue weighted by molar-refractivity contribution is -0.123. The first kappa shape index (κ1) is 17.6. The summed E-state index contributed by atoms with van der Waals surface area (Å²) in [5.74, 6) is 0.735. The van der Waals surface area contributed by atoms with Crippen LogP contribution in [0.4, 0.5) is 0 Å². The third kappa shape index (κ3) is 5.40. The number of hydrogen-bond donors (Lipinski definition) is 1. The zero-order chi connectivity index (χ0) is 16.9. The second-order valence-corrected chi connectivity index (χ2v) is 7.33. The van der Waals surface area contributed by atoms with Crippen LogP contribution in [0.15, 0.2) is 24.3 Å². The predicted molar refractivity (Wildman–Crippen MR) is 86.1 cm³/mol. The van der Waals surface area contributed by atoms with Crippen molar-refractivity contribution in [3.05, 3.63) is 24.3 Å². The molecule has 8 heteroatoms. The van der Waals surface area contributed by atoms with Crippen LogP contribution in [0.1, 0.15) is 12.8 Å². The molecule has 0 aromatic heterocycles. The molecule has 0 atom stereocenters. The molecule has 1 fully saturated rings. The zero-order valence-corrected chi connectivity index (χ0v) is 14.1. The number of nitrogens with zero attached hydrogens (tertiary/aromatic N) is 1. The molecule has 128 valence electrons. The minimum absolute atomic E-state index is 0.0896. The lowest BCUT2D eigenvalue weighted by atomic mass is 10.3. The van der Waals surface area contributed by atoms with Gasteiger partial charge in [0, 0.05) is 19.1 Å². The molecule has 0 bridgehead atoms. The van der Waals surface area contributed by atoms with Crippen molar-refractivity contribution in [1.29, 1.82) is 0 Å². The van der Waals surface area contributed by atoms with Gasteiger partial charge in [-0.1, -0.05) is 12.1 Å². The monoisotopic (exact) mass is 342 g/mol. The molecule has 0 radical (unpaired) electrons. The number of hydrogen-bond acceptors (Lipinski definition) is 5. The fourth-order valence-corrected chi connectivity index (χ4v) is 3.39. The lowest BCUT2D eigenvalue weighted by Gasteiger charge is -2.19. The third-order valence-corrected chi connectivity index (χ3v) is 4.80. The fraction of sp³-hybridized carbons (Fsp3) is 0.533. The Balaban J connectivity index is 1.75. The third-order valence-electron chi connectivity index (χ3n) is 3.46. The molecule has 7 nitrogen and oxygen atoms in total. The Bertz CT molecular complexity index is 643. The number of ether oxygens (including phenoxy) is 2. The van der Waals surface area contributed by atoms with Gasteiger partial charge in [-0.25, -0.2) is 8.42 Å². The van der Waals surface area contributed by atoms with Gasteiger partial charge in [0.15, 0.2) is 18.1 Å². The van der Waals surface area contributed by atoms with E-state index >= 15 is 0 Å². The maximum Gasteiger partial charge on any atom is 0.257 e. The second-order valence-electron chi connectivity index (χ2n) is 5.39. The van der Waals surface area contributed by atoms with Gasteiger partial charge in [-0.15, -0.1) is 0 Å². The first-order chi connectivity index (χ1) is 10.9. The first-order valence-electron chi connectivity index (χ1n) is 7.41. The van der Waals surface area contributed by atoms with E-state index in [0.29, 0.717) is 11.5 Å². The number of sulfonamides is 1. The molecule has 1 aliphatic carbocycles.